The van der Waals surface area contributed by atoms with Crippen molar-refractivity contribution >= 4 is 11.7 Å². The summed E-state index contributed by atoms with van der Waals surface area (Å²) in [7, 11) is 0. The maximum atomic E-state index is 11.9. The third-order valence-corrected chi connectivity index (χ3v) is 3.39. The standard InChI is InChI=1S/C18H22N2O2/c1-18(2,3)16-7-5-4-6-13(16)12-19-17(22)20-14-8-10-15(21)11-9-14/h4-11,21H,12H2,1-3H3,(H2,19,20,22). The first-order valence-electron chi connectivity index (χ1n) is 7.28. The van der Waals surface area contributed by atoms with Crippen molar-refractivity contribution in [3.05, 3.63) is 59.7 Å². The number of rotatable bonds is 3. The van der Waals surface area contributed by atoms with Gasteiger partial charge in [0.1, 0.15) is 5.75 Å². The van der Waals surface area contributed by atoms with Crippen molar-refractivity contribution in [1.29, 1.82) is 0 Å². The van der Waals surface area contributed by atoms with Crippen LogP contribution in [0.3, 0.4) is 0 Å². The predicted octanol–water partition coefficient (Wildman–Crippen LogP) is 4.01. The van der Waals surface area contributed by atoms with E-state index in [4.69, 9.17) is 0 Å². The van der Waals surface area contributed by atoms with Crippen molar-refractivity contribution in [1.82, 2.24) is 5.32 Å². The normalized spacial score (nSPS) is 11.0. The minimum Gasteiger partial charge on any atom is -0.508 e. The lowest BCUT2D eigenvalue weighted by atomic mass is 9.84. The van der Waals surface area contributed by atoms with Gasteiger partial charge in [0.15, 0.2) is 0 Å². The molecule has 0 aromatic heterocycles. The van der Waals surface area contributed by atoms with Gasteiger partial charge in [-0.25, -0.2) is 4.79 Å². The van der Waals surface area contributed by atoms with Crippen LogP contribution in [0.1, 0.15) is 31.9 Å². The molecule has 4 heteroatoms. The van der Waals surface area contributed by atoms with Gasteiger partial charge >= 0.3 is 6.03 Å². The van der Waals surface area contributed by atoms with E-state index in [9.17, 15) is 9.90 Å². The summed E-state index contributed by atoms with van der Waals surface area (Å²) in [5.41, 5.74) is 3.00. The van der Waals surface area contributed by atoms with E-state index < -0.39 is 0 Å². The van der Waals surface area contributed by atoms with Crippen LogP contribution in [0.2, 0.25) is 0 Å². The van der Waals surface area contributed by atoms with Crippen LogP contribution in [0, 0.1) is 0 Å². The first-order valence-corrected chi connectivity index (χ1v) is 7.28. The molecule has 22 heavy (non-hydrogen) atoms. The van der Waals surface area contributed by atoms with Crippen LogP contribution in [-0.2, 0) is 12.0 Å². The molecule has 0 atom stereocenters. The Bertz CT molecular complexity index is 643. The van der Waals surface area contributed by atoms with E-state index in [0.717, 1.165) is 5.56 Å². The number of carbonyl (C=O) groups excluding carboxylic acids is 1. The van der Waals surface area contributed by atoms with Crippen LogP contribution in [-0.4, -0.2) is 11.1 Å². The van der Waals surface area contributed by atoms with E-state index in [-0.39, 0.29) is 17.2 Å². The lowest BCUT2D eigenvalue weighted by Crippen LogP contribution is -2.29. The average Bonchev–Trinajstić information content (AvgIpc) is 2.47. The van der Waals surface area contributed by atoms with Crippen LogP contribution in [0.5, 0.6) is 5.75 Å². The number of hydrogen-bond donors (Lipinski definition) is 3. The number of amides is 2. The Hall–Kier alpha value is -2.49. The molecule has 0 unspecified atom stereocenters. The SMILES string of the molecule is CC(C)(C)c1ccccc1CNC(=O)Nc1ccc(O)cc1. The monoisotopic (exact) mass is 298 g/mol. The number of anilines is 1. The van der Waals surface area contributed by atoms with Crippen molar-refractivity contribution in [3.63, 3.8) is 0 Å². The van der Waals surface area contributed by atoms with Gasteiger partial charge in [0.25, 0.3) is 0 Å². The summed E-state index contributed by atoms with van der Waals surface area (Å²) >= 11 is 0. The summed E-state index contributed by atoms with van der Waals surface area (Å²) in [4.78, 5) is 11.9. The molecule has 2 amide bonds. The smallest absolute Gasteiger partial charge is 0.319 e. The maximum Gasteiger partial charge on any atom is 0.319 e. The van der Waals surface area contributed by atoms with E-state index in [0.29, 0.717) is 12.2 Å². The third kappa shape index (κ3) is 4.25. The topological polar surface area (TPSA) is 61.4 Å². The summed E-state index contributed by atoms with van der Waals surface area (Å²) in [6, 6.07) is 14.2. The molecule has 2 aromatic rings. The zero-order valence-corrected chi connectivity index (χ0v) is 13.2. The van der Waals surface area contributed by atoms with E-state index in [1.807, 2.05) is 18.2 Å². The molecule has 0 aliphatic rings. The van der Waals surface area contributed by atoms with Crippen molar-refractivity contribution < 1.29 is 9.90 Å². The van der Waals surface area contributed by atoms with Crippen LogP contribution in [0.15, 0.2) is 48.5 Å². The van der Waals surface area contributed by atoms with Gasteiger partial charge in [0.05, 0.1) is 0 Å². The van der Waals surface area contributed by atoms with Gasteiger partial charge in [0, 0.05) is 12.2 Å². The van der Waals surface area contributed by atoms with Crippen molar-refractivity contribution in [2.75, 3.05) is 5.32 Å². The number of aromatic hydroxyl groups is 1. The zero-order chi connectivity index (χ0) is 16.2. The number of nitrogens with one attached hydrogen (secondary N) is 2. The van der Waals surface area contributed by atoms with Crippen LogP contribution >= 0.6 is 0 Å². The Balaban J connectivity index is 1.98. The fraction of sp³-hybridized carbons (Fsp3) is 0.278. The van der Waals surface area contributed by atoms with Gasteiger partial charge in [-0.15, -0.1) is 0 Å². The van der Waals surface area contributed by atoms with Gasteiger partial charge in [-0.3, -0.25) is 0 Å². The number of urea groups is 1. The molecule has 0 saturated carbocycles. The Morgan fingerprint density at radius 3 is 2.32 bits per heavy atom. The minimum atomic E-state index is -0.269. The second kappa shape index (κ2) is 6.52. The molecule has 0 saturated heterocycles. The fourth-order valence-corrected chi connectivity index (χ4v) is 2.30. The summed E-state index contributed by atoms with van der Waals surface area (Å²) in [5.74, 6) is 0.171. The second-order valence-electron chi connectivity index (χ2n) is 6.26. The maximum absolute atomic E-state index is 11.9. The lowest BCUT2D eigenvalue weighted by molar-refractivity contribution is 0.251. The van der Waals surface area contributed by atoms with Crippen LogP contribution in [0.4, 0.5) is 10.5 Å². The first-order chi connectivity index (χ1) is 10.4. The number of hydrogen-bond acceptors (Lipinski definition) is 2. The highest BCUT2D eigenvalue weighted by atomic mass is 16.3. The molecule has 0 heterocycles. The quantitative estimate of drug-likeness (QED) is 0.750. The summed E-state index contributed by atoms with van der Waals surface area (Å²) in [5, 5.41) is 14.8. The largest absolute Gasteiger partial charge is 0.508 e. The number of benzene rings is 2. The Morgan fingerprint density at radius 2 is 1.68 bits per heavy atom. The molecule has 0 aliphatic heterocycles. The highest BCUT2D eigenvalue weighted by molar-refractivity contribution is 5.89. The molecule has 0 spiro atoms. The van der Waals surface area contributed by atoms with E-state index in [1.165, 1.54) is 17.7 Å². The number of phenols is 1. The van der Waals surface area contributed by atoms with E-state index in [2.05, 4.69) is 37.5 Å². The molecule has 3 N–H and O–H groups in total. The Labute approximate surface area is 131 Å². The molecule has 0 radical (unpaired) electrons. The van der Waals surface area contributed by atoms with Gasteiger partial charge in [-0.2, -0.15) is 0 Å². The van der Waals surface area contributed by atoms with Crippen LogP contribution < -0.4 is 10.6 Å². The van der Waals surface area contributed by atoms with E-state index >= 15 is 0 Å². The highest BCUT2D eigenvalue weighted by Gasteiger charge is 2.17. The molecule has 2 rings (SSSR count). The van der Waals surface area contributed by atoms with Crippen molar-refractivity contribution in [2.45, 2.75) is 32.7 Å². The highest BCUT2D eigenvalue weighted by Crippen LogP contribution is 2.25. The molecule has 0 fully saturated rings. The van der Waals surface area contributed by atoms with E-state index in [1.54, 1.807) is 12.1 Å². The van der Waals surface area contributed by atoms with Crippen molar-refractivity contribution in [2.24, 2.45) is 0 Å². The number of phenolic OH excluding ortho intramolecular Hbond substituents is 1. The molecular formula is C18H22N2O2. The summed E-state index contributed by atoms with van der Waals surface area (Å²) in [6.45, 7) is 6.93. The molecular weight excluding hydrogens is 276 g/mol. The average molecular weight is 298 g/mol. The lowest BCUT2D eigenvalue weighted by Gasteiger charge is -2.23. The first kappa shape index (κ1) is 15.9. The van der Waals surface area contributed by atoms with Crippen molar-refractivity contribution in [3.8, 4) is 5.75 Å². The van der Waals surface area contributed by atoms with Gasteiger partial charge < -0.3 is 15.7 Å². The molecule has 0 aliphatic carbocycles. The molecule has 0 bridgehead atoms. The summed E-state index contributed by atoms with van der Waals surface area (Å²) in [6.07, 6.45) is 0. The summed E-state index contributed by atoms with van der Waals surface area (Å²) < 4.78 is 0. The fourth-order valence-electron chi connectivity index (χ4n) is 2.30. The molecule has 4 nitrogen and oxygen atoms in total. The number of carbonyl (C=O) groups is 1. The Morgan fingerprint density at radius 1 is 1.05 bits per heavy atom. The van der Waals surface area contributed by atoms with Gasteiger partial charge in [0.2, 0.25) is 0 Å². The third-order valence-electron chi connectivity index (χ3n) is 3.39. The van der Waals surface area contributed by atoms with Gasteiger partial charge in [-0.1, -0.05) is 45.0 Å². The Kier molecular flexibility index (Phi) is 4.71. The zero-order valence-electron chi connectivity index (χ0n) is 13.2. The van der Waals surface area contributed by atoms with Gasteiger partial charge in [-0.05, 0) is 40.8 Å². The second-order valence-corrected chi connectivity index (χ2v) is 6.26. The van der Waals surface area contributed by atoms with Crippen LogP contribution in [0.25, 0.3) is 0 Å². The minimum absolute atomic E-state index is 0.0334. The predicted molar refractivity (Wildman–Crippen MR) is 89.1 cm³/mol. The molecule has 2 aromatic carbocycles. The molecule has 116 valence electrons.